The Morgan fingerprint density at radius 2 is 2.17 bits per heavy atom. The molecule has 0 amide bonds. The van der Waals surface area contributed by atoms with Crippen LogP contribution < -0.4 is 5.32 Å². The highest BCUT2D eigenvalue weighted by Gasteiger charge is 2.16. The zero-order valence-corrected chi connectivity index (χ0v) is 11.7. The minimum atomic E-state index is 0.713. The van der Waals surface area contributed by atoms with Crippen molar-refractivity contribution in [1.82, 2.24) is 0 Å². The molecule has 0 fully saturated rings. The first-order valence-electron chi connectivity index (χ1n) is 6.88. The van der Waals surface area contributed by atoms with Crippen LogP contribution in [0.25, 0.3) is 0 Å². The predicted octanol–water partition coefficient (Wildman–Crippen LogP) is 3.72. The van der Waals surface area contributed by atoms with Gasteiger partial charge < -0.3 is 5.32 Å². The van der Waals surface area contributed by atoms with Crippen molar-refractivity contribution >= 4 is 22.6 Å². The molecular weight excluding hydrogens is 240 g/mol. The molecule has 1 N–H and O–H groups in total. The number of fused-ring (bicyclic) bond motifs is 1. The minimum Gasteiger partial charge on any atom is -0.335 e. The summed E-state index contributed by atoms with van der Waals surface area (Å²) >= 11 is 1.86. The summed E-state index contributed by atoms with van der Waals surface area (Å²) in [6, 6.07) is 6.64. The van der Waals surface area contributed by atoms with E-state index < -0.39 is 0 Å². The number of aliphatic imine (C=N–C) groups is 1. The van der Waals surface area contributed by atoms with Crippen LogP contribution in [0.15, 0.2) is 23.2 Å². The molecular formula is C15H20N2S. The number of aryl methyl sites for hydroxylation is 1. The zero-order valence-electron chi connectivity index (χ0n) is 10.9. The first kappa shape index (κ1) is 12.1. The van der Waals surface area contributed by atoms with Gasteiger partial charge in [0.2, 0.25) is 0 Å². The average Bonchev–Trinajstić information content (AvgIpc) is 2.42. The maximum atomic E-state index is 4.62. The molecule has 0 radical (unpaired) electrons. The van der Waals surface area contributed by atoms with Gasteiger partial charge in [0, 0.05) is 18.0 Å². The highest BCUT2D eigenvalue weighted by molar-refractivity contribution is 8.14. The number of nitrogens with one attached hydrogen (secondary N) is 1. The van der Waals surface area contributed by atoms with Crippen molar-refractivity contribution in [3.63, 3.8) is 0 Å². The van der Waals surface area contributed by atoms with Gasteiger partial charge in [-0.25, -0.2) is 0 Å². The van der Waals surface area contributed by atoms with Gasteiger partial charge >= 0.3 is 0 Å². The smallest absolute Gasteiger partial charge is 0.161 e. The molecule has 96 valence electrons. The van der Waals surface area contributed by atoms with Crippen LogP contribution in [0.4, 0.5) is 5.69 Å². The summed E-state index contributed by atoms with van der Waals surface area (Å²) < 4.78 is 0. The summed E-state index contributed by atoms with van der Waals surface area (Å²) in [4.78, 5) is 4.62. The molecule has 0 spiro atoms. The zero-order chi connectivity index (χ0) is 12.4. The van der Waals surface area contributed by atoms with Gasteiger partial charge in [-0.3, -0.25) is 4.99 Å². The molecule has 1 aliphatic heterocycles. The standard InChI is InChI=1S/C15H20N2S/c1-11-9-16-15(18-10-11)17-14-8-4-6-12-5-2-3-7-13(12)14/h4,6,8,11H,2-3,5,7,9-10H2,1H3,(H,16,17). The molecule has 3 rings (SSSR count). The van der Waals surface area contributed by atoms with E-state index in [2.05, 4.69) is 35.4 Å². The first-order chi connectivity index (χ1) is 8.83. The van der Waals surface area contributed by atoms with Crippen LogP contribution in [-0.2, 0) is 12.8 Å². The van der Waals surface area contributed by atoms with Crippen LogP contribution in [0.2, 0.25) is 0 Å². The topological polar surface area (TPSA) is 24.4 Å². The lowest BCUT2D eigenvalue weighted by Crippen LogP contribution is -2.20. The Morgan fingerprint density at radius 3 is 3.00 bits per heavy atom. The molecule has 1 aromatic carbocycles. The van der Waals surface area contributed by atoms with Gasteiger partial charge in [-0.05, 0) is 48.8 Å². The van der Waals surface area contributed by atoms with E-state index in [1.54, 1.807) is 0 Å². The molecule has 2 aliphatic rings. The molecule has 1 unspecified atom stereocenters. The van der Waals surface area contributed by atoms with Gasteiger partial charge in [0.05, 0.1) is 0 Å². The fraction of sp³-hybridized carbons (Fsp3) is 0.533. The third-order valence-corrected chi connectivity index (χ3v) is 4.93. The van der Waals surface area contributed by atoms with Crippen molar-refractivity contribution in [2.45, 2.75) is 32.6 Å². The van der Waals surface area contributed by atoms with E-state index in [1.165, 1.54) is 48.3 Å². The van der Waals surface area contributed by atoms with E-state index in [9.17, 15) is 0 Å². The van der Waals surface area contributed by atoms with Crippen molar-refractivity contribution < 1.29 is 0 Å². The number of hydrogen-bond acceptors (Lipinski definition) is 3. The molecule has 0 saturated heterocycles. The van der Waals surface area contributed by atoms with Gasteiger partial charge in [-0.1, -0.05) is 30.8 Å². The third kappa shape index (κ3) is 2.56. The number of amidine groups is 1. The van der Waals surface area contributed by atoms with Crippen LogP contribution >= 0.6 is 11.8 Å². The van der Waals surface area contributed by atoms with Gasteiger partial charge in [-0.15, -0.1) is 0 Å². The van der Waals surface area contributed by atoms with Gasteiger partial charge in [0.15, 0.2) is 5.17 Å². The highest BCUT2D eigenvalue weighted by atomic mass is 32.2. The SMILES string of the molecule is CC1CN=C(Nc2cccc3c2CCCC3)SC1. The quantitative estimate of drug-likeness (QED) is 0.832. The minimum absolute atomic E-state index is 0.713. The number of rotatable bonds is 1. The Bertz CT molecular complexity index is 468. The van der Waals surface area contributed by atoms with Crippen molar-refractivity contribution in [3.05, 3.63) is 29.3 Å². The van der Waals surface area contributed by atoms with Crippen LogP contribution in [0.3, 0.4) is 0 Å². The van der Waals surface area contributed by atoms with E-state index in [0.29, 0.717) is 5.92 Å². The van der Waals surface area contributed by atoms with Crippen LogP contribution in [0.5, 0.6) is 0 Å². The van der Waals surface area contributed by atoms with Gasteiger partial charge in [-0.2, -0.15) is 0 Å². The van der Waals surface area contributed by atoms with Gasteiger partial charge in [0.25, 0.3) is 0 Å². The van der Waals surface area contributed by atoms with Crippen molar-refractivity contribution in [2.75, 3.05) is 17.6 Å². The van der Waals surface area contributed by atoms with E-state index in [4.69, 9.17) is 0 Å². The van der Waals surface area contributed by atoms with E-state index >= 15 is 0 Å². The molecule has 18 heavy (non-hydrogen) atoms. The Kier molecular flexibility index (Phi) is 3.59. The molecule has 1 heterocycles. The lowest BCUT2D eigenvalue weighted by Gasteiger charge is -2.22. The second-order valence-corrected chi connectivity index (χ2v) is 6.35. The molecule has 1 aliphatic carbocycles. The van der Waals surface area contributed by atoms with Crippen LogP contribution in [0.1, 0.15) is 30.9 Å². The molecule has 1 aromatic rings. The summed E-state index contributed by atoms with van der Waals surface area (Å²) in [5, 5.41) is 4.65. The fourth-order valence-corrected chi connectivity index (χ4v) is 3.54. The van der Waals surface area contributed by atoms with Crippen molar-refractivity contribution in [1.29, 1.82) is 0 Å². The number of nitrogens with zero attached hydrogens (tertiary/aromatic N) is 1. The maximum Gasteiger partial charge on any atom is 0.161 e. The normalized spacial score (nSPS) is 23.2. The third-order valence-electron chi connectivity index (χ3n) is 3.69. The summed E-state index contributed by atoms with van der Waals surface area (Å²) in [5.41, 5.74) is 4.33. The largest absolute Gasteiger partial charge is 0.335 e. The van der Waals surface area contributed by atoms with Crippen LogP contribution in [-0.4, -0.2) is 17.5 Å². The molecule has 0 aromatic heterocycles. The van der Waals surface area contributed by atoms with E-state index in [1.807, 2.05) is 11.8 Å². The summed E-state index contributed by atoms with van der Waals surface area (Å²) in [6.45, 7) is 3.22. The highest BCUT2D eigenvalue weighted by Crippen LogP contribution is 2.29. The molecule has 1 atom stereocenters. The number of benzene rings is 1. The Labute approximate surface area is 113 Å². The Hall–Kier alpha value is -0.960. The van der Waals surface area contributed by atoms with E-state index in [0.717, 1.165) is 11.7 Å². The second kappa shape index (κ2) is 5.35. The summed E-state index contributed by atoms with van der Waals surface area (Å²) in [6.07, 6.45) is 5.11. The average molecular weight is 260 g/mol. The monoisotopic (exact) mass is 260 g/mol. The first-order valence-corrected chi connectivity index (χ1v) is 7.86. The number of thioether (sulfide) groups is 1. The van der Waals surface area contributed by atoms with Crippen LogP contribution in [0, 0.1) is 5.92 Å². The molecule has 0 bridgehead atoms. The molecule has 3 heteroatoms. The number of hydrogen-bond donors (Lipinski definition) is 1. The van der Waals surface area contributed by atoms with Crippen molar-refractivity contribution in [2.24, 2.45) is 10.9 Å². The molecule has 0 saturated carbocycles. The lowest BCUT2D eigenvalue weighted by atomic mass is 9.90. The number of anilines is 1. The summed E-state index contributed by atoms with van der Waals surface area (Å²) in [5.74, 6) is 1.89. The van der Waals surface area contributed by atoms with E-state index in [-0.39, 0.29) is 0 Å². The predicted molar refractivity (Wildman–Crippen MR) is 80.6 cm³/mol. The van der Waals surface area contributed by atoms with Gasteiger partial charge in [0.1, 0.15) is 0 Å². The second-order valence-electron chi connectivity index (χ2n) is 5.34. The lowest BCUT2D eigenvalue weighted by molar-refractivity contribution is 0.673. The summed E-state index contributed by atoms with van der Waals surface area (Å²) in [7, 11) is 0. The molecule has 2 nitrogen and oxygen atoms in total. The Morgan fingerprint density at radius 1 is 1.28 bits per heavy atom. The Balaban J connectivity index is 1.80. The van der Waals surface area contributed by atoms with Crippen molar-refractivity contribution in [3.8, 4) is 0 Å². The fourth-order valence-electron chi connectivity index (χ4n) is 2.65. The maximum absolute atomic E-state index is 4.62.